The summed E-state index contributed by atoms with van der Waals surface area (Å²) in [6, 6.07) is 8.43. The molecule has 0 aromatic heterocycles. The standard InChI is InChI=1S/C17H25BO4/c1-16(2)17(3,4)22-18(21-16)13-7-5-12(6-8-13)14-11-15(14)20-10-9-19/h5-8,14-15,19H,9-11H2,1-4H3/t14?,15-/m1/s1. The molecule has 1 N–H and O–H groups in total. The average molecular weight is 304 g/mol. The van der Waals surface area contributed by atoms with Crippen LogP contribution in [0.25, 0.3) is 0 Å². The van der Waals surface area contributed by atoms with E-state index in [1.54, 1.807) is 0 Å². The Hall–Kier alpha value is -0.875. The minimum atomic E-state index is -0.309. The van der Waals surface area contributed by atoms with E-state index in [-0.39, 0.29) is 31.0 Å². The molecule has 1 aromatic carbocycles. The van der Waals surface area contributed by atoms with Crippen LogP contribution in [0.2, 0.25) is 0 Å². The Balaban J connectivity index is 1.64. The summed E-state index contributed by atoms with van der Waals surface area (Å²) in [5.74, 6) is 0.457. The Kier molecular flexibility index (Phi) is 4.10. The van der Waals surface area contributed by atoms with Crippen LogP contribution in [0.3, 0.4) is 0 Å². The molecule has 2 atom stereocenters. The van der Waals surface area contributed by atoms with Crippen molar-refractivity contribution in [2.45, 2.75) is 57.3 Å². The summed E-state index contributed by atoms with van der Waals surface area (Å²) >= 11 is 0. The average Bonchev–Trinajstić information content (AvgIpc) is 3.19. The molecule has 2 fully saturated rings. The summed E-state index contributed by atoms with van der Waals surface area (Å²) in [4.78, 5) is 0. The van der Waals surface area contributed by atoms with E-state index >= 15 is 0 Å². The minimum Gasteiger partial charge on any atom is -0.399 e. The van der Waals surface area contributed by atoms with Crippen molar-refractivity contribution < 1.29 is 19.2 Å². The molecule has 0 amide bonds. The SMILES string of the molecule is CC1(C)OB(c2ccc(C3C[C@H]3OCCO)cc2)OC1(C)C. The van der Waals surface area contributed by atoms with Gasteiger partial charge in [0.15, 0.2) is 0 Å². The summed E-state index contributed by atoms with van der Waals surface area (Å²) < 4.78 is 17.7. The molecular formula is C17H25BO4. The summed E-state index contributed by atoms with van der Waals surface area (Å²) in [5, 5.41) is 8.79. The number of hydrogen-bond donors (Lipinski definition) is 1. The zero-order valence-electron chi connectivity index (χ0n) is 13.8. The highest BCUT2D eigenvalue weighted by Gasteiger charge is 2.51. The number of rotatable bonds is 5. The molecule has 120 valence electrons. The van der Waals surface area contributed by atoms with Gasteiger partial charge in [0, 0.05) is 5.92 Å². The topological polar surface area (TPSA) is 47.9 Å². The van der Waals surface area contributed by atoms with Gasteiger partial charge in [-0.2, -0.15) is 0 Å². The Labute approximate surface area is 132 Å². The van der Waals surface area contributed by atoms with E-state index in [2.05, 4.69) is 52.0 Å². The van der Waals surface area contributed by atoms with Gasteiger partial charge in [0.05, 0.1) is 30.5 Å². The summed E-state index contributed by atoms with van der Waals surface area (Å²) in [7, 11) is -0.306. The van der Waals surface area contributed by atoms with E-state index in [4.69, 9.17) is 19.2 Å². The zero-order chi connectivity index (χ0) is 16.0. The fourth-order valence-corrected chi connectivity index (χ4v) is 2.79. The van der Waals surface area contributed by atoms with Crippen molar-refractivity contribution in [3.05, 3.63) is 29.8 Å². The van der Waals surface area contributed by atoms with E-state index in [1.165, 1.54) is 5.56 Å². The van der Waals surface area contributed by atoms with Crippen LogP contribution in [-0.2, 0) is 14.0 Å². The van der Waals surface area contributed by atoms with Gasteiger partial charge in [0.2, 0.25) is 0 Å². The Bertz CT molecular complexity index is 510. The highest BCUT2D eigenvalue weighted by molar-refractivity contribution is 6.62. The third-order valence-electron chi connectivity index (χ3n) is 5.05. The number of hydrogen-bond acceptors (Lipinski definition) is 4. The van der Waals surface area contributed by atoms with Crippen LogP contribution in [0, 0.1) is 0 Å². The number of aliphatic hydroxyl groups excluding tert-OH is 1. The number of ether oxygens (including phenoxy) is 1. The lowest BCUT2D eigenvalue weighted by Gasteiger charge is -2.32. The van der Waals surface area contributed by atoms with Crippen LogP contribution in [0.5, 0.6) is 0 Å². The van der Waals surface area contributed by atoms with Gasteiger partial charge in [0.25, 0.3) is 0 Å². The van der Waals surface area contributed by atoms with Gasteiger partial charge in [-0.25, -0.2) is 0 Å². The second-order valence-corrected chi connectivity index (χ2v) is 7.23. The van der Waals surface area contributed by atoms with Gasteiger partial charge in [-0.15, -0.1) is 0 Å². The first-order valence-electron chi connectivity index (χ1n) is 8.02. The van der Waals surface area contributed by atoms with Crippen LogP contribution >= 0.6 is 0 Å². The predicted molar refractivity (Wildman–Crippen MR) is 86.3 cm³/mol. The fourth-order valence-electron chi connectivity index (χ4n) is 2.79. The molecule has 2 aliphatic rings. The lowest BCUT2D eigenvalue weighted by molar-refractivity contribution is 0.00578. The Morgan fingerprint density at radius 2 is 1.73 bits per heavy atom. The highest BCUT2D eigenvalue weighted by atomic mass is 16.7. The third-order valence-corrected chi connectivity index (χ3v) is 5.05. The lowest BCUT2D eigenvalue weighted by Crippen LogP contribution is -2.41. The van der Waals surface area contributed by atoms with Gasteiger partial charge in [-0.1, -0.05) is 24.3 Å². The van der Waals surface area contributed by atoms with Crippen LogP contribution in [-0.4, -0.2) is 42.7 Å². The van der Waals surface area contributed by atoms with Crippen molar-refractivity contribution >= 4 is 12.6 Å². The first-order chi connectivity index (χ1) is 10.3. The molecule has 1 unspecified atom stereocenters. The molecule has 0 bridgehead atoms. The summed E-state index contributed by atoms with van der Waals surface area (Å²) in [6.07, 6.45) is 1.30. The van der Waals surface area contributed by atoms with Gasteiger partial charge in [-0.05, 0) is 45.1 Å². The second-order valence-electron chi connectivity index (χ2n) is 7.23. The Morgan fingerprint density at radius 3 is 2.27 bits per heavy atom. The van der Waals surface area contributed by atoms with Crippen molar-refractivity contribution in [2.75, 3.05) is 13.2 Å². The maximum Gasteiger partial charge on any atom is 0.494 e. The molecule has 0 spiro atoms. The largest absolute Gasteiger partial charge is 0.494 e. The van der Waals surface area contributed by atoms with Crippen molar-refractivity contribution in [1.29, 1.82) is 0 Å². The summed E-state index contributed by atoms with van der Waals surface area (Å²) in [5.41, 5.74) is 1.71. The molecule has 1 saturated heterocycles. The van der Waals surface area contributed by atoms with Crippen LogP contribution < -0.4 is 5.46 Å². The molecule has 1 aromatic rings. The Morgan fingerprint density at radius 1 is 1.14 bits per heavy atom. The van der Waals surface area contributed by atoms with E-state index in [9.17, 15) is 0 Å². The second kappa shape index (κ2) is 5.64. The molecule has 1 aliphatic carbocycles. The van der Waals surface area contributed by atoms with E-state index < -0.39 is 0 Å². The monoisotopic (exact) mass is 304 g/mol. The van der Waals surface area contributed by atoms with Crippen molar-refractivity contribution in [1.82, 2.24) is 0 Å². The molecule has 4 nitrogen and oxygen atoms in total. The fraction of sp³-hybridized carbons (Fsp3) is 0.647. The molecule has 22 heavy (non-hydrogen) atoms. The summed E-state index contributed by atoms with van der Waals surface area (Å²) in [6.45, 7) is 8.77. The molecule has 0 radical (unpaired) electrons. The molecule has 5 heteroatoms. The van der Waals surface area contributed by atoms with Gasteiger partial charge in [-0.3, -0.25) is 0 Å². The molecule has 1 saturated carbocycles. The first kappa shape index (κ1) is 16.0. The quantitative estimate of drug-likeness (QED) is 0.844. The van der Waals surface area contributed by atoms with Crippen molar-refractivity contribution in [3.8, 4) is 0 Å². The normalized spacial score (nSPS) is 28.9. The lowest BCUT2D eigenvalue weighted by atomic mass is 9.78. The third kappa shape index (κ3) is 2.95. The first-order valence-corrected chi connectivity index (χ1v) is 8.02. The van der Waals surface area contributed by atoms with Gasteiger partial charge < -0.3 is 19.2 Å². The van der Waals surface area contributed by atoms with E-state index in [1.807, 2.05) is 0 Å². The predicted octanol–water partition coefficient (Wildman–Crippen LogP) is 1.85. The molecular weight excluding hydrogens is 279 g/mol. The molecule has 1 heterocycles. The maximum atomic E-state index is 8.79. The van der Waals surface area contributed by atoms with Crippen LogP contribution in [0.15, 0.2) is 24.3 Å². The van der Waals surface area contributed by atoms with Gasteiger partial charge in [0.1, 0.15) is 0 Å². The van der Waals surface area contributed by atoms with E-state index in [0.29, 0.717) is 12.5 Å². The number of benzene rings is 1. The maximum absolute atomic E-state index is 8.79. The van der Waals surface area contributed by atoms with Crippen molar-refractivity contribution in [2.24, 2.45) is 0 Å². The van der Waals surface area contributed by atoms with Gasteiger partial charge >= 0.3 is 7.12 Å². The smallest absolute Gasteiger partial charge is 0.399 e. The van der Waals surface area contributed by atoms with Crippen LogP contribution in [0.4, 0.5) is 0 Å². The molecule has 3 rings (SSSR count). The van der Waals surface area contributed by atoms with E-state index in [0.717, 1.165) is 11.9 Å². The minimum absolute atomic E-state index is 0.0874. The van der Waals surface area contributed by atoms with Crippen LogP contribution in [0.1, 0.15) is 45.6 Å². The highest BCUT2D eigenvalue weighted by Crippen LogP contribution is 2.43. The number of aliphatic hydroxyl groups is 1. The molecule has 1 aliphatic heterocycles. The zero-order valence-corrected chi connectivity index (χ0v) is 13.8. The van der Waals surface area contributed by atoms with Crippen molar-refractivity contribution in [3.63, 3.8) is 0 Å².